The molecule has 0 aromatic heterocycles. The van der Waals surface area contributed by atoms with Crippen molar-refractivity contribution in [3.05, 3.63) is 0 Å². The van der Waals surface area contributed by atoms with Crippen molar-refractivity contribution in [1.82, 2.24) is 5.32 Å². The molecule has 3 N–H and O–H groups in total. The Balaban J connectivity index is 2.19. The fourth-order valence-corrected chi connectivity index (χ4v) is 1.02. The van der Waals surface area contributed by atoms with Gasteiger partial charge in [0.1, 0.15) is 0 Å². The molecule has 0 amide bonds. The number of rotatable bonds is 0. The van der Waals surface area contributed by atoms with E-state index in [-0.39, 0.29) is 0 Å². The second kappa shape index (κ2) is 2.46. The number of nitrogens with two attached hydrogens (primary N) is 1. The van der Waals surface area contributed by atoms with E-state index in [9.17, 15) is 0 Å². The van der Waals surface area contributed by atoms with E-state index in [1.165, 1.54) is 12.8 Å². The van der Waals surface area contributed by atoms with E-state index in [2.05, 4.69) is 12.2 Å². The molecule has 2 unspecified atom stereocenters. The van der Waals surface area contributed by atoms with Crippen molar-refractivity contribution in [3.63, 3.8) is 0 Å². The molecular weight excluding hydrogens is 100 g/mol. The van der Waals surface area contributed by atoms with Gasteiger partial charge in [-0.3, -0.25) is 0 Å². The van der Waals surface area contributed by atoms with Crippen LogP contribution in [0.1, 0.15) is 19.8 Å². The van der Waals surface area contributed by atoms with Crippen molar-refractivity contribution in [1.29, 1.82) is 0 Å². The van der Waals surface area contributed by atoms with Crippen molar-refractivity contribution in [3.8, 4) is 0 Å². The first-order valence-electron chi connectivity index (χ1n) is 3.28. The predicted molar refractivity (Wildman–Crippen MR) is 34.7 cm³/mol. The molecule has 0 saturated carbocycles. The van der Waals surface area contributed by atoms with E-state index in [1.54, 1.807) is 0 Å². The molecule has 1 heterocycles. The van der Waals surface area contributed by atoms with Gasteiger partial charge < -0.3 is 11.1 Å². The van der Waals surface area contributed by atoms with Gasteiger partial charge >= 0.3 is 0 Å². The maximum atomic E-state index is 5.63. The Morgan fingerprint density at radius 3 is 2.62 bits per heavy atom. The van der Waals surface area contributed by atoms with E-state index in [0.29, 0.717) is 12.1 Å². The summed E-state index contributed by atoms with van der Waals surface area (Å²) in [4.78, 5) is 0. The quantitative estimate of drug-likeness (QED) is 0.468. The molecule has 1 saturated heterocycles. The highest BCUT2D eigenvalue weighted by atomic mass is 14.9. The monoisotopic (exact) mass is 114 g/mol. The van der Waals surface area contributed by atoms with Crippen LogP contribution < -0.4 is 11.1 Å². The van der Waals surface area contributed by atoms with Crippen LogP contribution in [0.5, 0.6) is 0 Å². The first kappa shape index (κ1) is 6.05. The molecule has 0 aromatic carbocycles. The van der Waals surface area contributed by atoms with Crippen molar-refractivity contribution >= 4 is 0 Å². The minimum atomic E-state index is 0.409. The van der Waals surface area contributed by atoms with E-state index < -0.39 is 0 Å². The van der Waals surface area contributed by atoms with E-state index in [0.717, 1.165) is 6.54 Å². The molecule has 1 rings (SSSR count). The SMILES string of the molecule is CC1CCC(N)CN1. The van der Waals surface area contributed by atoms with E-state index >= 15 is 0 Å². The third-order valence-electron chi connectivity index (χ3n) is 1.70. The smallest absolute Gasteiger partial charge is 0.0165 e. The molecule has 1 aliphatic heterocycles. The molecule has 0 spiro atoms. The Kier molecular flexibility index (Phi) is 1.86. The molecule has 0 aromatic rings. The standard InChI is InChI=1S/C6H14N2/c1-5-2-3-6(7)4-8-5/h5-6,8H,2-4,7H2,1H3. The topological polar surface area (TPSA) is 38.0 Å². The van der Waals surface area contributed by atoms with Crippen LogP contribution in [-0.4, -0.2) is 18.6 Å². The van der Waals surface area contributed by atoms with Gasteiger partial charge in [0.25, 0.3) is 0 Å². The zero-order valence-electron chi connectivity index (χ0n) is 5.35. The largest absolute Gasteiger partial charge is 0.327 e. The summed E-state index contributed by atoms with van der Waals surface area (Å²) < 4.78 is 0. The summed E-state index contributed by atoms with van der Waals surface area (Å²) in [6.07, 6.45) is 2.43. The molecule has 0 aliphatic carbocycles. The average Bonchev–Trinajstić information content (AvgIpc) is 1.77. The Bertz CT molecular complexity index is 54.9. The Morgan fingerprint density at radius 2 is 2.25 bits per heavy atom. The molecule has 2 nitrogen and oxygen atoms in total. The van der Waals surface area contributed by atoms with Gasteiger partial charge in [-0.25, -0.2) is 0 Å². The minimum absolute atomic E-state index is 0.409. The average molecular weight is 114 g/mol. The number of hydrogen-bond donors (Lipinski definition) is 2. The second-order valence-corrected chi connectivity index (χ2v) is 2.65. The molecule has 1 aliphatic rings. The molecule has 2 atom stereocenters. The number of piperidine rings is 1. The van der Waals surface area contributed by atoms with Crippen molar-refractivity contribution < 1.29 is 0 Å². The second-order valence-electron chi connectivity index (χ2n) is 2.65. The van der Waals surface area contributed by atoms with Crippen LogP contribution >= 0.6 is 0 Å². The van der Waals surface area contributed by atoms with Crippen LogP contribution in [-0.2, 0) is 0 Å². The highest BCUT2D eigenvalue weighted by Gasteiger charge is 2.12. The first-order chi connectivity index (χ1) is 3.79. The van der Waals surface area contributed by atoms with Crippen molar-refractivity contribution in [2.75, 3.05) is 6.54 Å². The molecule has 2 heteroatoms. The van der Waals surface area contributed by atoms with Crippen molar-refractivity contribution in [2.45, 2.75) is 31.8 Å². The van der Waals surface area contributed by atoms with Gasteiger partial charge in [0.2, 0.25) is 0 Å². The van der Waals surface area contributed by atoms with Crippen LogP contribution in [0.2, 0.25) is 0 Å². The Labute approximate surface area is 50.4 Å². The highest BCUT2D eigenvalue weighted by Crippen LogP contribution is 2.04. The summed E-state index contributed by atoms with van der Waals surface area (Å²) >= 11 is 0. The summed E-state index contributed by atoms with van der Waals surface area (Å²) in [5.41, 5.74) is 5.63. The van der Waals surface area contributed by atoms with Crippen LogP contribution in [0.25, 0.3) is 0 Å². The molecule has 0 bridgehead atoms. The third-order valence-corrected chi connectivity index (χ3v) is 1.70. The van der Waals surface area contributed by atoms with Gasteiger partial charge in [-0.15, -0.1) is 0 Å². The maximum absolute atomic E-state index is 5.63. The lowest BCUT2D eigenvalue weighted by atomic mass is 10.0. The van der Waals surface area contributed by atoms with Crippen LogP contribution in [0, 0.1) is 0 Å². The third kappa shape index (κ3) is 1.46. The van der Waals surface area contributed by atoms with Crippen LogP contribution in [0.15, 0.2) is 0 Å². The van der Waals surface area contributed by atoms with Gasteiger partial charge in [0.15, 0.2) is 0 Å². The van der Waals surface area contributed by atoms with Gasteiger partial charge in [-0.05, 0) is 19.8 Å². The fraction of sp³-hybridized carbons (Fsp3) is 1.00. The minimum Gasteiger partial charge on any atom is -0.327 e. The fourth-order valence-electron chi connectivity index (χ4n) is 1.02. The highest BCUT2D eigenvalue weighted by molar-refractivity contribution is 4.75. The summed E-state index contributed by atoms with van der Waals surface area (Å²) in [6.45, 7) is 3.20. The maximum Gasteiger partial charge on any atom is 0.0165 e. The zero-order chi connectivity index (χ0) is 5.98. The zero-order valence-corrected chi connectivity index (χ0v) is 5.35. The van der Waals surface area contributed by atoms with Gasteiger partial charge in [-0.2, -0.15) is 0 Å². The van der Waals surface area contributed by atoms with Gasteiger partial charge in [0.05, 0.1) is 0 Å². The number of nitrogens with one attached hydrogen (secondary N) is 1. The molecule has 1 fully saturated rings. The predicted octanol–water partition coefficient (Wildman–Crippen LogP) is 0.0856. The Morgan fingerprint density at radius 1 is 1.50 bits per heavy atom. The van der Waals surface area contributed by atoms with Crippen molar-refractivity contribution in [2.24, 2.45) is 5.73 Å². The molecular formula is C6H14N2. The summed E-state index contributed by atoms with van der Waals surface area (Å²) in [7, 11) is 0. The number of hydrogen-bond acceptors (Lipinski definition) is 2. The van der Waals surface area contributed by atoms with Crippen LogP contribution in [0.3, 0.4) is 0 Å². The Hall–Kier alpha value is -0.0800. The summed E-state index contributed by atoms with van der Waals surface area (Å²) in [6, 6.07) is 1.10. The molecule has 48 valence electrons. The first-order valence-corrected chi connectivity index (χ1v) is 3.28. The lowest BCUT2D eigenvalue weighted by Gasteiger charge is -2.24. The molecule has 8 heavy (non-hydrogen) atoms. The van der Waals surface area contributed by atoms with Crippen LogP contribution in [0.4, 0.5) is 0 Å². The van der Waals surface area contributed by atoms with Gasteiger partial charge in [0, 0.05) is 18.6 Å². The lowest BCUT2D eigenvalue weighted by molar-refractivity contribution is 0.384. The summed E-state index contributed by atoms with van der Waals surface area (Å²) in [5.74, 6) is 0. The normalized spacial score (nSPS) is 39.8. The lowest BCUT2D eigenvalue weighted by Crippen LogP contribution is -2.43. The van der Waals surface area contributed by atoms with E-state index in [4.69, 9.17) is 5.73 Å². The van der Waals surface area contributed by atoms with Gasteiger partial charge in [-0.1, -0.05) is 0 Å². The van der Waals surface area contributed by atoms with E-state index in [1.807, 2.05) is 0 Å². The summed E-state index contributed by atoms with van der Waals surface area (Å²) in [5, 5.41) is 3.31. The molecule has 0 radical (unpaired) electrons.